The molecular weight excluding hydrogens is 272 g/mol. The molecule has 0 spiro atoms. The fraction of sp³-hybridized carbons (Fsp3) is 0.600. The molecule has 0 unspecified atom stereocenters. The van der Waals surface area contributed by atoms with Crippen molar-refractivity contribution in [3.05, 3.63) is 5.51 Å². The average Bonchev–Trinajstić information content (AvgIpc) is 2.66. The standard InChI is InChI=1S/C10H16N4O2S2/c1-6(18-9-14-11-5-17-9)7(15)12-8(16)13-10(2,3)4/h5-6H,1-4H3,(H2,12,13,15,16)/t6-/m1/s1. The van der Waals surface area contributed by atoms with Crippen LogP contribution in [0.2, 0.25) is 0 Å². The molecule has 0 saturated heterocycles. The minimum atomic E-state index is -0.489. The summed E-state index contributed by atoms with van der Waals surface area (Å²) in [6, 6.07) is -0.489. The molecule has 0 aliphatic heterocycles. The van der Waals surface area contributed by atoms with E-state index in [1.54, 1.807) is 12.4 Å². The predicted molar refractivity (Wildman–Crippen MR) is 71.7 cm³/mol. The van der Waals surface area contributed by atoms with Gasteiger partial charge in [-0.3, -0.25) is 10.1 Å². The number of nitrogens with zero attached hydrogens (tertiary/aromatic N) is 2. The molecule has 0 fully saturated rings. The highest BCUT2D eigenvalue weighted by atomic mass is 32.2. The van der Waals surface area contributed by atoms with Gasteiger partial charge in [-0.15, -0.1) is 10.2 Å². The van der Waals surface area contributed by atoms with Crippen molar-refractivity contribution >= 4 is 35.0 Å². The van der Waals surface area contributed by atoms with E-state index in [1.807, 2.05) is 20.8 Å². The number of hydrogen-bond acceptors (Lipinski definition) is 6. The number of rotatable bonds is 3. The van der Waals surface area contributed by atoms with Gasteiger partial charge in [-0.2, -0.15) is 0 Å². The number of hydrogen-bond donors (Lipinski definition) is 2. The van der Waals surface area contributed by atoms with Crippen molar-refractivity contribution in [1.29, 1.82) is 0 Å². The predicted octanol–water partition coefficient (Wildman–Crippen LogP) is 1.64. The van der Waals surface area contributed by atoms with Crippen LogP contribution in [0.15, 0.2) is 9.85 Å². The van der Waals surface area contributed by atoms with Crippen molar-refractivity contribution in [3.63, 3.8) is 0 Å². The summed E-state index contributed by atoms with van der Waals surface area (Å²) in [5.74, 6) is -0.350. The van der Waals surface area contributed by atoms with Gasteiger partial charge in [0.15, 0.2) is 4.34 Å². The third kappa shape index (κ3) is 5.46. The normalized spacial score (nSPS) is 12.9. The first kappa shape index (κ1) is 14.9. The molecule has 18 heavy (non-hydrogen) atoms. The van der Waals surface area contributed by atoms with Crippen LogP contribution in [0.5, 0.6) is 0 Å². The summed E-state index contributed by atoms with van der Waals surface area (Å²) in [4.78, 5) is 23.2. The molecule has 2 N–H and O–H groups in total. The van der Waals surface area contributed by atoms with Gasteiger partial charge in [0.1, 0.15) is 5.51 Å². The van der Waals surface area contributed by atoms with Crippen molar-refractivity contribution in [3.8, 4) is 0 Å². The van der Waals surface area contributed by atoms with Crippen molar-refractivity contribution in [2.45, 2.75) is 42.8 Å². The molecule has 0 saturated carbocycles. The number of nitrogens with one attached hydrogen (secondary N) is 2. The fourth-order valence-electron chi connectivity index (χ4n) is 1.00. The number of aromatic nitrogens is 2. The average molecular weight is 288 g/mol. The minimum absolute atomic E-state index is 0.350. The van der Waals surface area contributed by atoms with Gasteiger partial charge >= 0.3 is 6.03 Å². The summed E-state index contributed by atoms with van der Waals surface area (Å²) in [5, 5.41) is 12.1. The molecule has 1 aromatic rings. The molecule has 0 aliphatic rings. The second-order valence-corrected chi connectivity index (χ2v) is 7.08. The topological polar surface area (TPSA) is 84.0 Å². The summed E-state index contributed by atoms with van der Waals surface area (Å²) < 4.78 is 0.703. The Balaban J connectivity index is 2.43. The zero-order chi connectivity index (χ0) is 13.8. The maximum atomic E-state index is 11.7. The molecule has 0 bridgehead atoms. The summed E-state index contributed by atoms with van der Waals surface area (Å²) >= 11 is 2.63. The summed E-state index contributed by atoms with van der Waals surface area (Å²) in [7, 11) is 0. The molecule has 3 amide bonds. The van der Waals surface area contributed by atoms with Crippen LogP contribution in [-0.2, 0) is 4.79 Å². The van der Waals surface area contributed by atoms with E-state index < -0.39 is 11.3 Å². The summed E-state index contributed by atoms with van der Waals surface area (Å²) in [5.41, 5.74) is 1.22. The van der Waals surface area contributed by atoms with Gasteiger partial charge < -0.3 is 5.32 Å². The molecular formula is C10H16N4O2S2. The summed E-state index contributed by atoms with van der Waals surface area (Å²) in [6.07, 6.45) is 0. The van der Waals surface area contributed by atoms with Crippen molar-refractivity contribution in [1.82, 2.24) is 20.8 Å². The van der Waals surface area contributed by atoms with E-state index in [0.29, 0.717) is 4.34 Å². The number of thioether (sulfide) groups is 1. The number of imide groups is 1. The van der Waals surface area contributed by atoms with Crippen LogP contribution in [0, 0.1) is 0 Å². The van der Waals surface area contributed by atoms with Crippen LogP contribution in [0.25, 0.3) is 0 Å². The molecule has 1 heterocycles. The van der Waals surface area contributed by atoms with Gasteiger partial charge in [0, 0.05) is 5.54 Å². The lowest BCUT2D eigenvalue weighted by Crippen LogP contribution is -2.49. The molecule has 1 rings (SSSR count). The van der Waals surface area contributed by atoms with E-state index in [9.17, 15) is 9.59 Å². The number of amides is 3. The van der Waals surface area contributed by atoms with Gasteiger partial charge in [0.2, 0.25) is 5.91 Å². The molecule has 0 radical (unpaired) electrons. The third-order valence-electron chi connectivity index (χ3n) is 1.71. The molecule has 100 valence electrons. The van der Waals surface area contributed by atoms with Crippen LogP contribution in [-0.4, -0.2) is 32.9 Å². The zero-order valence-electron chi connectivity index (χ0n) is 10.7. The maximum absolute atomic E-state index is 11.7. The number of carbonyl (C=O) groups is 2. The van der Waals surface area contributed by atoms with E-state index in [1.165, 1.54) is 23.1 Å². The second-order valence-electron chi connectivity index (χ2n) is 4.66. The van der Waals surface area contributed by atoms with Gasteiger partial charge in [0.25, 0.3) is 0 Å². The Hall–Kier alpha value is -1.15. The highest BCUT2D eigenvalue weighted by Crippen LogP contribution is 2.23. The smallest absolute Gasteiger partial charge is 0.321 e. The van der Waals surface area contributed by atoms with E-state index >= 15 is 0 Å². The second kappa shape index (κ2) is 6.14. The number of urea groups is 1. The Morgan fingerprint density at radius 2 is 2.11 bits per heavy atom. The van der Waals surface area contributed by atoms with Crippen molar-refractivity contribution < 1.29 is 9.59 Å². The lowest BCUT2D eigenvalue weighted by atomic mass is 10.1. The summed E-state index contributed by atoms with van der Waals surface area (Å²) in [6.45, 7) is 7.25. The van der Waals surface area contributed by atoms with Crippen LogP contribution < -0.4 is 10.6 Å². The highest BCUT2D eigenvalue weighted by Gasteiger charge is 2.20. The van der Waals surface area contributed by atoms with Crippen LogP contribution >= 0.6 is 23.1 Å². The molecule has 0 aromatic carbocycles. The van der Waals surface area contributed by atoms with Crippen LogP contribution in [0.4, 0.5) is 4.79 Å². The van der Waals surface area contributed by atoms with Crippen molar-refractivity contribution in [2.75, 3.05) is 0 Å². The first-order valence-electron chi connectivity index (χ1n) is 5.34. The van der Waals surface area contributed by atoms with Crippen LogP contribution in [0.3, 0.4) is 0 Å². The van der Waals surface area contributed by atoms with Gasteiger partial charge in [-0.25, -0.2) is 4.79 Å². The van der Waals surface area contributed by atoms with Gasteiger partial charge in [0.05, 0.1) is 5.25 Å². The Morgan fingerprint density at radius 3 is 2.61 bits per heavy atom. The quantitative estimate of drug-likeness (QED) is 0.826. The molecule has 6 nitrogen and oxygen atoms in total. The monoisotopic (exact) mass is 288 g/mol. The lowest BCUT2D eigenvalue weighted by Gasteiger charge is -2.20. The maximum Gasteiger partial charge on any atom is 0.321 e. The Labute approximate surface area is 114 Å². The van der Waals surface area contributed by atoms with Crippen LogP contribution in [0.1, 0.15) is 27.7 Å². The lowest BCUT2D eigenvalue weighted by molar-refractivity contribution is -0.119. The first-order chi connectivity index (χ1) is 8.28. The molecule has 1 aromatic heterocycles. The van der Waals surface area contributed by atoms with Gasteiger partial charge in [-0.05, 0) is 27.7 Å². The van der Waals surface area contributed by atoms with Crippen molar-refractivity contribution in [2.24, 2.45) is 0 Å². The minimum Gasteiger partial charge on any atom is -0.333 e. The zero-order valence-corrected chi connectivity index (χ0v) is 12.3. The Kier molecular flexibility index (Phi) is 5.09. The molecule has 0 aliphatic carbocycles. The Morgan fingerprint density at radius 1 is 1.44 bits per heavy atom. The van der Waals surface area contributed by atoms with E-state index in [0.717, 1.165) is 0 Å². The fourth-order valence-corrected chi connectivity index (χ4v) is 2.63. The third-order valence-corrected chi connectivity index (χ3v) is 3.62. The largest absolute Gasteiger partial charge is 0.333 e. The number of carbonyl (C=O) groups excluding carboxylic acids is 2. The SMILES string of the molecule is C[C@@H](Sc1nncs1)C(=O)NC(=O)NC(C)(C)C. The Bertz CT molecular complexity index is 414. The molecule has 1 atom stereocenters. The van der Waals surface area contributed by atoms with E-state index in [4.69, 9.17) is 0 Å². The van der Waals surface area contributed by atoms with Gasteiger partial charge in [-0.1, -0.05) is 23.1 Å². The highest BCUT2D eigenvalue weighted by molar-refractivity contribution is 8.02. The van der Waals surface area contributed by atoms with E-state index in [2.05, 4.69) is 20.8 Å². The molecule has 8 heteroatoms. The van der Waals surface area contributed by atoms with E-state index in [-0.39, 0.29) is 11.4 Å². The first-order valence-corrected chi connectivity index (χ1v) is 7.10.